The van der Waals surface area contributed by atoms with Gasteiger partial charge in [0.05, 0.1) is 11.0 Å². The summed E-state index contributed by atoms with van der Waals surface area (Å²) in [5.41, 5.74) is 0.137. The smallest absolute Gasteiger partial charge is 0.258 e. The van der Waals surface area contributed by atoms with Gasteiger partial charge >= 0.3 is 0 Å². The molecule has 1 unspecified atom stereocenters. The van der Waals surface area contributed by atoms with Crippen LogP contribution in [0.5, 0.6) is 0 Å². The molecule has 0 N–H and O–H groups in total. The number of benzene rings is 1. The number of hydrogen-bond acceptors (Lipinski definition) is 3. The Bertz CT molecular complexity index is 330. The third kappa shape index (κ3) is 6.22. The zero-order valence-corrected chi connectivity index (χ0v) is 8.88. The maximum atomic E-state index is 10.0. The molecule has 0 amide bonds. The summed E-state index contributed by atoms with van der Waals surface area (Å²) < 4.78 is 0. The van der Waals surface area contributed by atoms with E-state index in [0.29, 0.717) is 0 Å². The zero-order valence-electron chi connectivity index (χ0n) is 8.88. The van der Waals surface area contributed by atoms with Gasteiger partial charge in [-0.3, -0.25) is 10.1 Å². The number of nitro benzene ring substituents is 1. The monoisotopic (exact) mass is 206 g/mol. The summed E-state index contributed by atoms with van der Waals surface area (Å²) in [4.78, 5) is 9.59. The molecule has 0 heterocycles. The molecule has 0 aliphatic carbocycles. The van der Waals surface area contributed by atoms with E-state index < -0.39 is 4.92 Å². The maximum absolute atomic E-state index is 10.0. The van der Waals surface area contributed by atoms with E-state index in [2.05, 4.69) is 6.07 Å². The van der Waals surface area contributed by atoms with Gasteiger partial charge in [0.25, 0.3) is 5.69 Å². The van der Waals surface area contributed by atoms with Crippen molar-refractivity contribution >= 4 is 5.69 Å². The molecule has 0 fully saturated rings. The van der Waals surface area contributed by atoms with Crippen molar-refractivity contribution in [1.82, 2.24) is 0 Å². The number of nitriles is 1. The van der Waals surface area contributed by atoms with Gasteiger partial charge < -0.3 is 0 Å². The molecule has 15 heavy (non-hydrogen) atoms. The van der Waals surface area contributed by atoms with E-state index in [1.54, 1.807) is 18.2 Å². The summed E-state index contributed by atoms with van der Waals surface area (Å²) in [6, 6.07) is 10.0. The molecule has 0 bridgehead atoms. The number of nitro groups is 1. The van der Waals surface area contributed by atoms with Gasteiger partial charge in [0.1, 0.15) is 0 Å². The standard InChI is InChI=1S/C6H5NO2.C5H9N/c8-7(9)6-4-2-1-3-5-6;1-3-5(2)4-6/h1-5H;5H,3H2,1-2H3. The van der Waals surface area contributed by atoms with Crippen molar-refractivity contribution in [2.24, 2.45) is 5.92 Å². The second kappa shape index (κ2) is 7.51. The highest BCUT2D eigenvalue weighted by Crippen LogP contribution is 2.06. The summed E-state index contributed by atoms with van der Waals surface area (Å²) in [7, 11) is 0. The van der Waals surface area contributed by atoms with Crippen LogP contribution in [0.4, 0.5) is 5.69 Å². The molecule has 0 aliphatic heterocycles. The number of para-hydroxylation sites is 1. The summed E-state index contributed by atoms with van der Waals surface area (Å²) in [5.74, 6) is 0.241. The maximum Gasteiger partial charge on any atom is 0.269 e. The lowest BCUT2D eigenvalue weighted by molar-refractivity contribution is -0.384. The molecular weight excluding hydrogens is 192 g/mol. The first-order valence-corrected chi connectivity index (χ1v) is 4.70. The summed E-state index contributed by atoms with van der Waals surface area (Å²) in [5, 5.41) is 18.1. The molecule has 80 valence electrons. The van der Waals surface area contributed by atoms with Crippen molar-refractivity contribution in [1.29, 1.82) is 5.26 Å². The van der Waals surface area contributed by atoms with Crippen molar-refractivity contribution in [3.05, 3.63) is 40.4 Å². The highest BCUT2D eigenvalue weighted by molar-refractivity contribution is 5.27. The van der Waals surface area contributed by atoms with Crippen molar-refractivity contribution in [3.8, 4) is 6.07 Å². The molecule has 0 saturated heterocycles. The average Bonchev–Trinajstić information content (AvgIpc) is 2.30. The lowest BCUT2D eigenvalue weighted by Gasteiger charge is -1.87. The highest BCUT2D eigenvalue weighted by atomic mass is 16.6. The van der Waals surface area contributed by atoms with Gasteiger partial charge in [-0.15, -0.1) is 0 Å². The van der Waals surface area contributed by atoms with Crippen LogP contribution in [-0.4, -0.2) is 4.92 Å². The average molecular weight is 206 g/mol. The van der Waals surface area contributed by atoms with Crippen LogP contribution in [0.3, 0.4) is 0 Å². The zero-order chi connectivity index (χ0) is 11.7. The van der Waals surface area contributed by atoms with Crippen LogP contribution in [0.25, 0.3) is 0 Å². The van der Waals surface area contributed by atoms with E-state index in [9.17, 15) is 10.1 Å². The molecule has 1 rings (SSSR count). The molecule has 0 spiro atoms. The SMILES string of the molecule is CCC(C)C#N.O=[N+]([O-])c1ccccc1. The number of non-ortho nitro benzene ring substituents is 1. The molecule has 0 aromatic heterocycles. The summed E-state index contributed by atoms with van der Waals surface area (Å²) >= 11 is 0. The van der Waals surface area contributed by atoms with Crippen molar-refractivity contribution in [2.45, 2.75) is 20.3 Å². The first-order valence-electron chi connectivity index (χ1n) is 4.70. The van der Waals surface area contributed by atoms with E-state index in [4.69, 9.17) is 5.26 Å². The molecule has 1 atom stereocenters. The third-order valence-electron chi connectivity index (χ3n) is 1.80. The molecule has 0 aliphatic rings. The lowest BCUT2D eigenvalue weighted by atomic mass is 10.2. The molecule has 4 nitrogen and oxygen atoms in total. The fourth-order valence-corrected chi connectivity index (χ4v) is 0.641. The van der Waals surface area contributed by atoms with E-state index in [-0.39, 0.29) is 11.6 Å². The Hall–Kier alpha value is -1.89. The normalized spacial score (nSPS) is 10.5. The predicted octanol–water partition coefficient (Wildman–Crippen LogP) is 3.15. The third-order valence-corrected chi connectivity index (χ3v) is 1.80. The van der Waals surface area contributed by atoms with Crippen molar-refractivity contribution in [3.63, 3.8) is 0 Å². The van der Waals surface area contributed by atoms with E-state index in [1.807, 2.05) is 13.8 Å². The van der Waals surface area contributed by atoms with E-state index in [1.165, 1.54) is 12.1 Å². The van der Waals surface area contributed by atoms with Gasteiger partial charge in [-0.2, -0.15) is 5.26 Å². The largest absolute Gasteiger partial charge is 0.269 e. The van der Waals surface area contributed by atoms with E-state index in [0.717, 1.165) is 6.42 Å². The Morgan fingerprint density at radius 1 is 1.47 bits per heavy atom. The molecule has 1 aromatic rings. The van der Waals surface area contributed by atoms with Gasteiger partial charge in [-0.05, 0) is 13.3 Å². The highest BCUT2D eigenvalue weighted by Gasteiger charge is 1.98. The van der Waals surface area contributed by atoms with Crippen LogP contribution < -0.4 is 0 Å². The van der Waals surface area contributed by atoms with Crippen LogP contribution >= 0.6 is 0 Å². The number of hydrogen-bond donors (Lipinski definition) is 0. The van der Waals surface area contributed by atoms with Gasteiger partial charge in [0.2, 0.25) is 0 Å². The number of rotatable bonds is 2. The minimum absolute atomic E-state index is 0.137. The van der Waals surface area contributed by atoms with Gasteiger partial charge in [-0.1, -0.05) is 25.1 Å². The fourth-order valence-electron chi connectivity index (χ4n) is 0.641. The minimum Gasteiger partial charge on any atom is -0.258 e. The topological polar surface area (TPSA) is 66.9 Å². The first kappa shape index (κ1) is 13.1. The first-order chi connectivity index (χ1) is 7.11. The molecule has 1 aromatic carbocycles. The van der Waals surface area contributed by atoms with Crippen molar-refractivity contribution in [2.75, 3.05) is 0 Å². The quantitative estimate of drug-likeness (QED) is 0.551. The molecule has 0 radical (unpaired) electrons. The van der Waals surface area contributed by atoms with Crippen LogP contribution in [0.1, 0.15) is 20.3 Å². The molecule has 4 heteroatoms. The molecular formula is C11H14N2O2. The minimum atomic E-state index is -0.417. The van der Waals surface area contributed by atoms with Crippen LogP contribution in [0.2, 0.25) is 0 Å². The van der Waals surface area contributed by atoms with Gasteiger partial charge in [0, 0.05) is 18.1 Å². The number of nitrogens with zero attached hydrogens (tertiary/aromatic N) is 2. The Balaban J connectivity index is 0.000000288. The van der Waals surface area contributed by atoms with E-state index >= 15 is 0 Å². The Kier molecular flexibility index (Phi) is 6.56. The van der Waals surface area contributed by atoms with Gasteiger partial charge in [-0.25, -0.2) is 0 Å². The van der Waals surface area contributed by atoms with Crippen LogP contribution in [0.15, 0.2) is 30.3 Å². The van der Waals surface area contributed by atoms with Gasteiger partial charge in [0.15, 0.2) is 0 Å². The van der Waals surface area contributed by atoms with Crippen LogP contribution in [0, 0.1) is 27.4 Å². The Morgan fingerprint density at radius 2 is 2.00 bits per heavy atom. The predicted molar refractivity (Wildman–Crippen MR) is 58.2 cm³/mol. The fraction of sp³-hybridized carbons (Fsp3) is 0.364. The summed E-state index contributed by atoms with van der Waals surface area (Å²) in [6.07, 6.45) is 0.969. The summed E-state index contributed by atoms with van der Waals surface area (Å²) in [6.45, 7) is 3.92. The second-order valence-electron chi connectivity index (χ2n) is 3.03. The lowest BCUT2D eigenvalue weighted by Crippen LogP contribution is -1.84. The molecule has 0 saturated carbocycles. The Labute approximate surface area is 89.3 Å². The second-order valence-corrected chi connectivity index (χ2v) is 3.03. The Morgan fingerprint density at radius 3 is 2.20 bits per heavy atom. The van der Waals surface area contributed by atoms with Crippen molar-refractivity contribution < 1.29 is 4.92 Å². The van der Waals surface area contributed by atoms with Crippen LogP contribution in [-0.2, 0) is 0 Å².